The lowest BCUT2D eigenvalue weighted by molar-refractivity contribution is 0.0662. The van der Waals surface area contributed by atoms with Crippen molar-refractivity contribution < 1.29 is 14.3 Å². The highest BCUT2D eigenvalue weighted by atomic mass is 28.3. The third-order valence-electron chi connectivity index (χ3n) is 3.97. The molecular weight excluding hydrogens is 270 g/mol. The smallest absolute Gasteiger partial charge is 0.373 e. The molecule has 0 aliphatic carbocycles. The zero-order valence-electron chi connectivity index (χ0n) is 13.0. The van der Waals surface area contributed by atoms with Crippen LogP contribution in [-0.4, -0.2) is 24.1 Å². The van der Waals surface area contributed by atoms with Gasteiger partial charge in [-0.2, -0.15) is 0 Å². The third-order valence-corrected chi connectivity index (χ3v) is 10.3. The van der Waals surface area contributed by atoms with Gasteiger partial charge in [0.05, 0.1) is 6.20 Å². The van der Waals surface area contributed by atoms with Crippen molar-refractivity contribution >= 4 is 14.0 Å². The lowest BCUT2D eigenvalue weighted by Gasteiger charge is -2.37. The first-order valence-corrected chi connectivity index (χ1v) is 9.17. The number of hydrogen-bond donors (Lipinski definition) is 1. The first-order valence-electron chi connectivity index (χ1n) is 6.94. The molecule has 20 heavy (non-hydrogen) atoms. The number of carboxylic acid groups (broad SMARTS) is 1. The maximum atomic E-state index is 10.8. The molecule has 5 heteroatoms. The van der Waals surface area contributed by atoms with Gasteiger partial charge in [0.1, 0.15) is 8.07 Å². The van der Waals surface area contributed by atoms with Gasteiger partial charge in [0.2, 0.25) is 5.76 Å². The minimum absolute atomic E-state index is 0.166. The Hall–Kier alpha value is -1.54. The predicted molar refractivity (Wildman–Crippen MR) is 81.4 cm³/mol. The molecule has 0 spiro atoms. The minimum Gasteiger partial charge on any atom is -0.475 e. The van der Waals surface area contributed by atoms with Gasteiger partial charge in [0, 0.05) is 0 Å². The van der Waals surface area contributed by atoms with Crippen molar-refractivity contribution in [3.8, 4) is 11.5 Å². The second-order valence-corrected chi connectivity index (χ2v) is 11.6. The second kappa shape index (κ2) is 6.27. The number of carboxylic acids is 1. The summed E-state index contributed by atoms with van der Waals surface area (Å²) in [4.78, 5) is 14.7. The topological polar surface area (TPSA) is 63.3 Å². The Morgan fingerprint density at radius 1 is 1.20 bits per heavy atom. The highest BCUT2D eigenvalue weighted by Crippen LogP contribution is 2.40. The molecule has 0 aliphatic rings. The van der Waals surface area contributed by atoms with Gasteiger partial charge < -0.3 is 9.52 Å². The molecule has 0 aromatic carbocycles. The molecule has 1 N–H and O–H groups in total. The van der Waals surface area contributed by atoms with Crippen LogP contribution in [0.4, 0.5) is 0 Å². The van der Waals surface area contributed by atoms with Crippen LogP contribution in [0.1, 0.15) is 58.0 Å². The SMILES string of the molecule is CC(C)[Si](C#Cc1ncc(C(=O)O)o1)(C(C)C)C(C)C. The van der Waals surface area contributed by atoms with Gasteiger partial charge in [-0.3, -0.25) is 0 Å². The Morgan fingerprint density at radius 2 is 1.70 bits per heavy atom. The number of hydrogen-bond acceptors (Lipinski definition) is 3. The summed E-state index contributed by atoms with van der Waals surface area (Å²) >= 11 is 0. The first kappa shape index (κ1) is 16.5. The van der Waals surface area contributed by atoms with Crippen molar-refractivity contribution in [2.75, 3.05) is 0 Å². The normalized spacial score (nSPS) is 11.8. The van der Waals surface area contributed by atoms with E-state index in [9.17, 15) is 4.79 Å². The third kappa shape index (κ3) is 3.13. The molecule has 0 saturated heterocycles. The molecule has 1 aromatic rings. The summed E-state index contributed by atoms with van der Waals surface area (Å²) in [6.07, 6.45) is 1.20. The number of carbonyl (C=O) groups is 1. The molecule has 1 rings (SSSR count). The molecule has 4 nitrogen and oxygen atoms in total. The highest BCUT2D eigenvalue weighted by Gasteiger charge is 2.41. The van der Waals surface area contributed by atoms with Gasteiger partial charge in [-0.25, -0.2) is 9.78 Å². The van der Waals surface area contributed by atoms with Crippen molar-refractivity contribution in [2.24, 2.45) is 0 Å². The standard InChI is InChI=1S/C15H23NO3Si/c1-10(2)20(11(3)4,12(5)6)8-7-14-16-9-13(19-14)15(17)18/h9-12H,1-6H3,(H,17,18). The maximum absolute atomic E-state index is 10.8. The van der Waals surface area contributed by atoms with Crippen LogP contribution < -0.4 is 0 Å². The largest absolute Gasteiger partial charge is 0.475 e. The number of aromatic nitrogens is 1. The van der Waals surface area contributed by atoms with Gasteiger partial charge in [-0.1, -0.05) is 41.5 Å². The monoisotopic (exact) mass is 293 g/mol. The summed E-state index contributed by atoms with van der Waals surface area (Å²) in [5.41, 5.74) is 4.99. The lowest BCUT2D eigenvalue weighted by atomic mass is 10.5. The Balaban J connectivity index is 3.19. The summed E-state index contributed by atoms with van der Waals surface area (Å²) in [5.74, 6) is 1.88. The van der Waals surface area contributed by atoms with Crippen molar-refractivity contribution in [1.29, 1.82) is 0 Å². The predicted octanol–water partition coefficient (Wildman–Crippen LogP) is 3.94. The van der Waals surface area contributed by atoms with Crippen LogP contribution in [0.15, 0.2) is 10.6 Å². The Bertz CT molecular complexity index is 513. The minimum atomic E-state index is -1.84. The molecule has 0 aliphatic heterocycles. The fourth-order valence-electron chi connectivity index (χ4n) is 3.03. The quantitative estimate of drug-likeness (QED) is 0.674. The van der Waals surface area contributed by atoms with Gasteiger partial charge in [-0.15, -0.1) is 5.54 Å². The van der Waals surface area contributed by atoms with Crippen molar-refractivity contribution in [3.63, 3.8) is 0 Å². The van der Waals surface area contributed by atoms with Crippen LogP contribution in [0.5, 0.6) is 0 Å². The highest BCUT2D eigenvalue weighted by molar-refractivity contribution is 6.90. The molecule has 0 unspecified atom stereocenters. The molecular formula is C15H23NO3Si. The summed E-state index contributed by atoms with van der Waals surface area (Å²) < 4.78 is 5.12. The van der Waals surface area contributed by atoms with Crippen molar-refractivity contribution in [1.82, 2.24) is 4.98 Å². The van der Waals surface area contributed by atoms with Gasteiger partial charge >= 0.3 is 5.97 Å². The summed E-state index contributed by atoms with van der Waals surface area (Å²) in [5, 5.41) is 8.82. The Kier molecular flexibility index (Phi) is 5.18. The van der Waals surface area contributed by atoms with E-state index in [0.717, 1.165) is 0 Å². The van der Waals surface area contributed by atoms with E-state index in [2.05, 4.69) is 58.0 Å². The summed E-state index contributed by atoms with van der Waals surface area (Å²) in [7, 11) is -1.84. The summed E-state index contributed by atoms with van der Waals surface area (Å²) in [6, 6.07) is 0. The molecule has 110 valence electrons. The van der Waals surface area contributed by atoms with Crippen LogP contribution in [-0.2, 0) is 0 Å². The van der Waals surface area contributed by atoms with Crippen LogP contribution >= 0.6 is 0 Å². The van der Waals surface area contributed by atoms with Crippen molar-refractivity contribution in [2.45, 2.75) is 58.2 Å². The average Bonchev–Trinajstić information content (AvgIpc) is 2.77. The fraction of sp³-hybridized carbons (Fsp3) is 0.600. The van der Waals surface area contributed by atoms with Crippen LogP contribution in [0.2, 0.25) is 16.6 Å². The number of aromatic carboxylic acids is 1. The molecule has 1 heterocycles. The van der Waals surface area contributed by atoms with Crippen molar-refractivity contribution in [3.05, 3.63) is 17.8 Å². The molecule has 0 amide bonds. The molecule has 0 fully saturated rings. The number of nitrogens with zero attached hydrogens (tertiary/aromatic N) is 1. The van der Waals surface area contributed by atoms with E-state index in [0.29, 0.717) is 16.6 Å². The Morgan fingerprint density at radius 3 is 2.05 bits per heavy atom. The number of oxazole rings is 1. The zero-order chi connectivity index (χ0) is 15.5. The molecule has 0 radical (unpaired) electrons. The van der Waals surface area contributed by atoms with E-state index >= 15 is 0 Å². The van der Waals surface area contributed by atoms with E-state index in [1.165, 1.54) is 6.20 Å². The number of rotatable bonds is 4. The van der Waals surface area contributed by atoms with Gasteiger partial charge in [-0.05, 0) is 22.5 Å². The fourth-order valence-corrected chi connectivity index (χ4v) is 8.21. The molecule has 0 bridgehead atoms. The second-order valence-electron chi connectivity index (χ2n) is 5.98. The Labute approximate surface area is 121 Å². The van der Waals surface area contributed by atoms with E-state index in [-0.39, 0.29) is 11.7 Å². The zero-order valence-corrected chi connectivity index (χ0v) is 14.0. The molecule has 1 aromatic heterocycles. The maximum Gasteiger partial charge on any atom is 0.373 e. The summed E-state index contributed by atoms with van der Waals surface area (Å²) in [6.45, 7) is 13.3. The lowest BCUT2D eigenvalue weighted by Crippen LogP contribution is -2.43. The van der Waals surface area contributed by atoms with E-state index in [4.69, 9.17) is 9.52 Å². The van der Waals surface area contributed by atoms with Gasteiger partial charge in [0.15, 0.2) is 0 Å². The average molecular weight is 293 g/mol. The van der Waals surface area contributed by atoms with E-state index in [1.807, 2.05) is 0 Å². The van der Waals surface area contributed by atoms with Gasteiger partial charge in [0.25, 0.3) is 5.89 Å². The first-order chi connectivity index (χ1) is 9.21. The molecule has 0 atom stereocenters. The van der Waals surface area contributed by atoms with Crippen LogP contribution in [0.25, 0.3) is 0 Å². The molecule has 0 saturated carbocycles. The van der Waals surface area contributed by atoms with E-state index < -0.39 is 14.0 Å². The van der Waals surface area contributed by atoms with E-state index in [1.54, 1.807) is 0 Å². The van der Waals surface area contributed by atoms with Crippen LogP contribution in [0.3, 0.4) is 0 Å². The van der Waals surface area contributed by atoms with Crippen LogP contribution in [0, 0.1) is 11.5 Å².